The van der Waals surface area contributed by atoms with E-state index in [1.54, 1.807) is 6.20 Å². The maximum Gasteiger partial charge on any atom is 0.253 e. The topological polar surface area (TPSA) is 95.4 Å². The lowest BCUT2D eigenvalue weighted by Crippen LogP contribution is -2.43. The molecular formula is C30H30ClN7O. The molecule has 0 saturated carbocycles. The number of nitrogens with one attached hydrogen (secondary N) is 2. The number of pyridine rings is 1. The zero-order valence-electron chi connectivity index (χ0n) is 21.7. The lowest BCUT2D eigenvalue weighted by Gasteiger charge is -2.31. The number of aliphatic imine (C=N–C) groups is 1. The summed E-state index contributed by atoms with van der Waals surface area (Å²) in [5.74, 6) is 0.449. The summed E-state index contributed by atoms with van der Waals surface area (Å²) < 4.78 is 0. The number of piperidine rings is 1. The second kappa shape index (κ2) is 11.1. The van der Waals surface area contributed by atoms with Crippen molar-refractivity contribution in [1.82, 2.24) is 25.2 Å². The highest BCUT2D eigenvalue weighted by Gasteiger charge is 2.33. The third-order valence-electron chi connectivity index (χ3n) is 7.64. The van der Waals surface area contributed by atoms with Crippen LogP contribution >= 0.6 is 11.6 Å². The number of likely N-dealkylation sites (tertiary alicyclic amines) is 1. The van der Waals surface area contributed by atoms with Crippen LogP contribution in [0.15, 0.2) is 83.1 Å². The predicted octanol–water partition coefficient (Wildman–Crippen LogP) is 4.83. The highest BCUT2D eigenvalue weighted by molar-refractivity contribution is 6.31. The van der Waals surface area contributed by atoms with Crippen molar-refractivity contribution in [2.24, 2.45) is 10.9 Å². The van der Waals surface area contributed by atoms with Crippen LogP contribution in [0.4, 0.5) is 11.6 Å². The molecule has 1 fully saturated rings. The Bertz CT molecular complexity index is 1440. The first kappa shape index (κ1) is 25.4. The molecule has 0 spiro atoms. The van der Waals surface area contributed by atoms with Crippen molar-refractivity contribution >= 4 is 34.9 Å². The first-order valence-electron chi connectivity index (χ1n) is 13.3. The minimum atomic E-state index is -0.0788. The van der Waals surface area contributed by atoms with Gasteiger partial charge in [-0.25, -0.2) is 9.97 Å². The summed E-state index contributed by atoms with van der Waals surface area (Å²) in [4.78, 5) is 33.9. The summed E-state index contributed by atoms with van der Waals surface area (Å²) in [6, 6.07) is 13.8. The van der Waals surface area contributed by atoms with Crippen LogP contribution in [0.2, 0.25) is 0 Å². The molecular weight excluding hydrogens is 510 g/mol. The molecule has 3 aromatic rings. The van der Waals surface area contributed by atoms with E-state index in [0.717, 1.165) is 54.3 Å². The molecule has 3 aliphatic rings. The molecule has 2 aliphatic heterocycles. The number of carbonyl (C=O) groups excluding carboxylic acids is 1. The van der Waals surface area contributed by atoms with Crippen molar-refractivity contribution in [3.63, 3.8) is 0 Å². The van der Waals surface area contributed by atoms with E-state index < -0.39 is 0 Å². The fourth-order valence-electron chi connectivity index (χ4n) is 5.47. The molecule has 2 aromatic heterocycles. The molecule has 2 atom stereocenters. The zero-order chi connectivity index (χ0) is 26.8. The number of rotatable bonds is 5. The zero-order valence-corrected chi connectivity index (χ0v) is 22.5. The molecule has 0 radical (unpaired) electrons. The van der Waals surface area contributed by atoms with Gasteiger partial charge in [0, 0.05) is 65.2 Å². The summed E-state index contributed by atoms with van der Waals surface area (Å²) >= 11 is 6.43. The predicted molar refractivity (Wildman–Crippen MR) is 154 cm³/mol. The Morgan fingerprint density at radius 1 is 1.05 bits per heavy atom. The van der Waals surface area contributed by atoms with Gasteiger partial charge in [0.2, 0.25) is 5.95 Å². The second-order valence-electron chi connectivity index (χ2n) is 10.0. The Morgan fingerprint density at radius 3 is 2.62 bits per heavy atom. The molecule has 1 amide bonds. The van der Waals surface area contributed by atoms with Crippen LogP contribution < -0.4 is 10.6 Å². The van der Waals surface area contributed by atoms with Crippen LogP contribution in [0, 0.1) is 5.92 Å². The van der Waals surface area contributed by atoms with Crippen molar-refractivity contribution in [3.8, 4) is 0 Å². The van der Waals surface area contributed by atoms with E-state index in [1.807, 2.05) is 72.8 Å². The number of hydrogen-bond donors (Lipinski definition) is 2. The van der Waals surface area contributed by atoms with Gasteiger partial charge in [0.1, 0.15) is 0 Å². The van der Waals surface area contributed by atoms with Gasteiger partial charge in [0.25, 0.3) is 5.91 Å². The van der Waals surface area contributed by atoms with E-state index in [4.69, 9.17) is 21.6 Å². The maximum absolute atomic E-state index is 13.0. The quantitative estimate of drug-likeness (QED) is 0.482. The van der Waals surface area contributed by atoms with E-state index in [9.17, 15) is 4.79 Å². The number of fused-ring (bicyclic) bond motifs is 3. The Kier molecular flexibility index (Phi) is 7.22. The third-order valence-corrected chi connectivity index (χ3v) is 7.90. The number of halogens is 1. The Labute approximate surface area is 233 Å². The van der Waals surface area contributed by atoms with E-state index >= 15 is 0 Å². The Morgan fingerprint density at radius 2 is 1.87 bits per heavy atom. The second-order valence-corrected chi connectivity index (χ2v) is 10.5. The van der Waals surface area contributed by atoms with Crippen LogP contribution in [0.3, 0.4) is 0 Å². The Balaban J connectivity index is 1.21. The van der Waals surface area contributed by atoms with Crippen molar-refractivity contribution in [2.45, 2.75) is 31.3 Å². The fourth-order valence-corrected chi connectivity index (χ4v) is 5.68. The van der Waals surface area contributed by atoms with Crippen molar-refractivity contribution in [3.05, 3.63) is 101 Å². The van der Waals surface area contributed by atoms with E-state index in [1.165, 1.54) is 0 Å². The lowest BCUT2D eigenvalue weighted by molar-refractivity contribution is 0.0707. The van der Waals surface area contributed by atoms with Gasteiger partial charge >= 0.3 is 0 Å². The number of aromatic nitrogens is 3. The van der Waals surface area contributed by atoms with Gasteiger partial charge in [-0.3, -0.25) is 14.8 Å². The summed E-state index contributed by atoms with van der Waals surface area (Å²) in [5, 5.41) is 7.29. The summed E-state index contributed by atoms with van der Waals surface area (Å²) in [5.41, 5.74) is 5.12. The van der Waals surface area contributed by atoms with Gasteiger partial charge < -0.3 is 15.5 Å². The average molecular weight is 540 g/mol. The number of nitrogens with zero attached hydrogens (tertiary/aromatic N) is 5. The molecule has 9 heteroatoms. The summed E-state index contributed by atoms with van der Waals surface area (Å²) in [6.45, 7) is 2.02. The number of amides is 1. The number of benzene rings is 1. The molecule has 2 unspecified atom stereocenters. The van der Waals surface area contributed by atoms with Crippen LogP contribution in [0.25, 0.3) is 0 Å². The van der Waals surface area contributed by atoms with E-state index in [0.29, 0.717) is 29.1 Å². The number of anilines is 2. The highest BCUT2D eigenvalue weighted by Crippen LogP contribution is 2.38. The molecule has 1 aliphatic carbocycles. The molecule has 8 nitrogen and oxygen atoms in total. The van der Waals surface area contributed by atoms with Crippen LogP contribution in [-0.2, 0) is 6.54 Å². The van der Waals surface area contributed by atoms with Crippen LogP contribution in [-0.4, -0.2) is 57.6 Å². The van der Waals surface area contributed by atoms with Gasteiger partial charge in [-0.1, -0.05) is 29.8 Å². The first-order chi connectivity index (χ1) is 19.1. The molecule has 6 rings (SSSR count). The monoisotopic (exact) mass is 539 g/mol. The number of carbonyl (C=O) groups is 1. The smallest absolute Gasteiger partial charge is 0.253 e. The summed E-state index contributed by atoms with van der Waals surface area (Å²) in [6.07, 6.45) is 11.6. The van der Waals surface area contributed by atoms with Crippen molar-refractivity contribution in [1.29, 1.82) is 0 Å². The summed E-state index contributed by atoms with van der Waals surface area (Å²) in [7, 11) is 1.98. The fraction of sp³-hybridized carbons (Fsp3) is 0.300. The van der Waals surface area contributed by atoms with Crippen LogP contribution in [0.5, 0.6) is 0 Å². The van der Waals surface area contributed by atoms with Gasteiger partial charge in [0.05, 0.1) is 23.6 Å². The standard InChI is InChI=1S/C30H30ClN7O/c1-32-22-11-14-38(15-12-22)29(39)19-5-8-23(9-6-19)36-30-35-18-20-17-34-28(26-4-2-3-13-33-26)25-16-21(31)7-10-24(25)27(20)37-30/h2-10,13,16,18,22,24-25,32H,11-12,14-15,17H2,1H3,(H,35,36,37). The van der Waals surface area contributed by atoms with E-state index in [-0.39, 0.29) is 17.7 Å². The molecule has 39 heavy (non-hydrogen) atoms. The minimum Gasteiger partial charge on any atom is -0.339 e. The van der Waals surface area contributed by atoms with Crippen LogP contribution in [0.1, 0.15) is 46.1 Å². The van der Waals surface area contributed by atoms with Crippen molar-refractivity contribution in [2.75, 3.05) is 25.5 Å². The SMILES string of the molecule is CNC1CCN(C(=O)c2ccc(Nc3ncc4c(n3)C3C=CC(Cl)=CC3C(c3ccccn3)=NC4)cc2)CC1. The first-order valence-corrected chi connectivity index (χ1v) is 13.7. The third kappa shape index (κ3) is 5.35. The molecule has 1 saturated heterocycles. The van der Waals surface area contributed by atoms with E-state index in [2.05, 4.69) is 26.7 Å². The molecule has 198 valence electrons. The molecule has 2 N–H and O–H groups in total. The lowest BCUT2D eigenvalue weighted by atomic mass is 9.81. The minimum absolute atomic E-state index is 0.0404. The average Bonchev–Trinajstić information content (AvgIpc) is 3.14. The van der Waals surface area contributed by atoms with Crippen molar-refractivity contribution < 1.29 is 4.79 Å². The van der Waals surface area contributed by atoms with Gasteiger partial charge in [-0.2, -0.15) is 0 Å². The van der Waals surface area contributed by atoms with Gasteiger partial charge in [-0.05, 0) is 62.4 Å². The highest BCUT2D eigenvalue weighted by atomic mass is 35.5. The molecule has 4 heterocycles. The number of hydrogen-bond acceptors (Lipinski definition) is 7. The normalized spacial score (nSPS) is 20.8. The van der Waals surface area contributed by atoms with Gasteiger partial charge in [0.15, 0.2) is 0 Å². The molecule has 0 bridgehead atoms. The molecule has 1 aromatic carbocycles. The largest absolute Gasteiger partial charge is 0.339 e. The Hall–Kier alpha value is -3.88. The van der Waals surface area contributed by atoms with Gasteiger partial charge in [-0.15, -0.1) is 0 Å². The maximum atomic E-state index is 13.0. The number of allylic oxidation sites excluding steroid dienone is 4.